The Balaban J connectivity index is 2.50. The van der Waals surface area contributed by atoms with Crippen molar-refractivity contribution in [2.24, 2.45) is 0 Å². The molecule has 2 heterocycles. The van der Waals surface area contributed by atoms with Crippen molar-refractivity contribution in [3.8, 4) is 0 Å². The van der Waals surface area contributed by atoms with Crippen molar-refractivity contribution in [1.82, 2.24) is 5.32 Å². The monoisotopic (exact) mass is 181 g/mol. The first-order chi connectivity index (χ1) is 5.61. The van der Waals surface area contributed by atoms with Gasteiger partial charge < -0.3 is 5.32 Å². The number of hydrogen-bond acceptors (Lipinski definition) is 2. The van der Waals surface area contributed by atoms with Gasteiger partial charge in [0, 0.05) is 22.9 Å². The molecule has 0 spiro atoms. The zero-order valence-corrected chi connectivity index (χ0v) is 8.66. The van der Waals surface area contributed by atoms with E-state index in [0.29, 0.717) is 11.5 Å². The first-order valence-electron chi connectivity index (χ1n) is 4.42. The van der Waals surface area contributed by atoms with Crippen LogP contribution in [0.25, 0.3) is 0 Å². The van der Waals surface area contributed by atoms with E-state index in [1.807, 2.05) is 11.3 Å². The predicted molar refractivity (Wildman–Crippen MR) is 53.8 cm³/mol. The first-order valence-corrected chi connectivity index (χ1v) is 5.30. The Kier molecular flexibility index (Phi) is 1.77. The standard InChI is InChI=1S/C10H15NS/c1-7-9-8(4-5-12-9)10(2,3)6-11-7/h4-5,7,11H,6H2,1-3H3. The first kappa shape index (κ1) is 8.27. The zero-order chi connectivity index (χ0) is 8.77. The van der Waals surface area contributed by atoms with E-state index >= 15 is 0 Å². The van der Waals surface area contributed by atoms with Gasteiger partial charge in [0.25, 0.3) is 0 Å². The summed E-state index contributed by atoms with van der Waals surface area (Å²) in [5.41, 5.74) is 1.86. The van der Waals surface area contributed by atoms with Gasteiger partial charge in [0.05, 0.1) is 0 Å². The van der Waals surface area contributed by atoms with Crippen molar-refractivity contribution in [2.75, 3.05) is 6.54 Å². The number of nitrogens with one attached hydrogen (secondary N) is 1. The summed E-state index contributed by atoms with van der Waals surface area (Å²) in [6, 6.07) is 2.82. The molecule has 1 aliphatic heterocycles. The molecule has 0 fully saturated rings. The second-order valence-electron chi connectivity index (χ2n) is 4.18. The second kappa shape index (κ2) is 2.57. The molecule has 1 aromatic heterocycles. The summed E-state index contributed by atoms with van der Waals surface area (Å²) in [6.45, 7) is 7.94. The van der Waals surface area contributed by atoms with Crippen molar-refractivity contribution in [2.45, 2.75) is 32.2 Å². The minimum atomic E-state index is 0.321. The van der Waals surface area contributed by atoms with E-state index in [1.165, 1.54) is 4.88 Å². The molecule has 66 valence electrons. The average Bonchev–Trinajstić information content (AvgIpc) is 2.46. The van der Waals surface area contributed by atoms with E-state index in [4.69, 9.17) is 0 Å². The third-order valence-corrected chi connectivity index (χ3v) is 3.77. The molecule has 1 aliphatic rings. The van der Waals surface area contributed by atoms with Gasteiger partial charge in [-0.3, -0.25) is 0 Å². The van der Waals surface area contributed by atoms with Gasteiger partial charge in [-0.1, -0.05) is 13.8 Å². The summed E-state index contributed by atoms with van der Waals surface area (Å²) >= 11 is 1.87. The molecule has 0 saturated carbocycles. The molecule has 1 nitrogen and oxygen atoms in total. The molecule has 1 atom stereocenters. The predicted octanol–water partition coefficient (Wildman–Crippen LogP) is 2.69. The van der Waals surface area contributed by atoms with Gasteiger partial charge in [0.1, 0.15) is 0 Å². The summed E-state index contributed by atoms with van der Waals surface area (Å²) in [5, 5.41) is 5.73. The Morgan fingerprint density at radius 3 is 3.00 bits per heavy atom. The molecule has 1 aromatic rings. The lowest BCUT2D eigenvalue weighted by Gasteiger charge is -2.34. The summed E-state index contributed by atoms with van der Waals surface area (Å²) in [7, 11) is 0. The summed E-state index contributed by atoms with van der Waals surface area (Å²) in [5.74, 6) is 0. The lowest BCUT2D eigenvalue weighted by atomic mass is 9.81. The third-order valence-electron chi connectivity index (χ3n) is 2.67. The third kappa shape index (κ3) is 1.10. The molecule has 2 rings (SSSR count). The Morgan fingerprint density at radius 2 is 2.33 bits per heavy atom. The maximum Gasteiger partial charge on any atom is 0.0389 e. The smallest absolute Gasteiger partial charge is 0.0389 e. The quantitative estimate of drug-likeness (QED) is 0.649. The lowest BCUT2D eigenvalue weighted by Crippen LogP contribution is -2.39. The van der Waals surface area contributed by atoms with Gasteiger partial charge in [-0.05, 0) is 23.9 Å². The van der Waals surface area contributed by atoms with Gasteiger partial charge in [0.2, 0.25) is 0 Å². The molecule has 1 N–H and O–H groups in total. The number of rotatable bonds is 0. The fourth-order valence-electron chi connectivity index (χ4n) is 1.81. The SMILES string of the molecule is CC1NCC(C)(C)c2ccsc21. The molecular weight excluding hydrogens is 166 g/mol. The Morgan fingerprint density at radius 1 is 1.58 bits per heavy atom. The Hall–Kier alpha value is -0.340. The number of hydrogen-bond donors (Lipinski definition) is 1. The lowest BCUT2D eigenvalue weighted by molar-refractivity contribution is 0.401. The number of fused-ring (bicyclic) bond motifs is 1. The highest BCUT2D eigenvalue weighted by molar-refractivity contribution is 7.10. The van der Waals surface area contributed by atoms with Gasteiger partial charge >= 0.3 is 0 Å². The second-order valence-corrected chi connectivity index (χ2v) is 5.13. The van der Waals surface area contributed by atoms with Crippen LogP contribution in [0.1, 0.15) is 37.3 Å². The maximum atomic E-state index is 3.52. The zero-order valence-electron chi connectivity index (χ0n) is 7.85. The van der Waals surface area contributed by atoms with Crippen LogP contribution in [0.5, 0.6) is 0 Å². The van der Waals surface area contributed by atoms with E-state index in [2.05, 4.69) is 37.5 Å². The highest BCUT2D eigenvalue weighted by atomic mass is 32.1. The summed E-state index contributed by atoms with van der Waals surface area (Å²) in [6.07, 6.45) is 0. The average molecular weight is 181 g/mol. The van der Waals surface area contributed by atoms with Crippen molar-refractivity contribution < 1.29 is 0 Å². The number of thiophene rings is 1. The van der Waals surface area contributed by atoms with Crippen LogP contribution >= 0.6 is 11.3 Å². The van der Waals surface area contributed by atoms with Gasteiger partial charge in [0.15, 0.2) is 0 Å². The van der Waals surface area contributed by atoms with Crippen LogP contribution in [-0.4, -0.2) is 6.54 Å². The normalized spacial score (nSPS) is 26.8. The Labute approximate surface area is 77.8 Å². The molecule has 0 amide bonds. The highest BCUT2D eigenvalue weighted by Gasteiger charge is 2.30. The molecule has 12 heavy (non-hydrogen) atoms. The molecule has 0 aliphatic carbocycles. The van der Waals surface area contributed by atoms with Crippen LogP contribution < -0.4 is 5.32 Å². The molecule has 0 aromatic carbocycles. The van der Waals surface area contributed by atoms with Crippen LogP contribution in [-0.2, 0) is 5.41 Å². The summed E-state index contributed by atoms with van der Waals surface area (Å²) in [4.78, 5) is 1.52. The minimum Gasteiger partial charge on any atom is -0.309 e. The minimum absolute atomic E-state index is 0.321. The van der Waals surface area contributed by atoms with Gasteiger partial charge in [-0.2, -0.15) is 0 Å². The molecule has 0 saturated heterocycles. The molecule has 2 heteroatoms. The largest absolute Gasteiger partial charge is 0.309 e. The van der Waals surface area contributed by atoms with Crippen LogP contribution in [0.2, 0.25) is 0 Å². The molecular formula is C10H15NS. The van der Waals surface area contributed by atoms with E-state index in [1.54, 1.807) is 5.56 Å². The summed E-state index contributed by atoms with van der Waals surface area (Å²) < 4.78 is 0. The van der Waals surface area contributed by atoms with Gasteiger partial charge in [-0.25, -0.2) is 0 Å². The van der Waals surface area contributed by atoms with E-state index in [-0.39, 0.29) is 0 Å². The fraction of sp³-hybridized carbons (Fsp3) is 0.600. The maximum absolute atomic E-state index is 3.52. The van der Waals surface area contributed by atoms with Crippen molar-refractivity contribution in [3.05, 3.63) is 21.9 Å². The van der Waals surface area contributed by atoms with Crippen LogP contribution in [0.15, 0.2) is 11.4 Å². The van der Waals surface area contributed by atoms with Crippen LogP contribution in [0.3, 0.4) is 0 Å². The van der Waals surface area contributed by atoms with E-state index < -0.39 is 0 Å². The van der Waals surface area contributed by atoms with Gasteiger partial charge in [-0.15, -0.1) is 11.3 Å². The molecule has 0 radical (unpaired) electrons. The van der Waals surface area contributed by atoms with E-state index in [0.717, 1.165) is 6.54 Å². The Bertz CT molecular complexity index is 288. The van der Waals surface area contributed by atoms with E-state index in [9.17, 15) is 0 Å². The topological polar surface area (TPSA) is 12.0 Å². The molecule has 1 unspecified atom stereocenters. The fourth-order valence-corrected chi connectivity index (χ4v) is 2.92. The van der Waals surface area contributed by atoms with Crippen molar-refractivity contribution >= 4 is 11.3 Å². The molecule has 0 bridgehead atoms. The van der Waals surface area contributed by atoms with Crippen molar-refractivity contribution in [3.63, 3.8) is 0 Å². The van der Waals surface area contributed by atoms with Crippen molar-refractivity contribution in [1.29, 1.82) is 0 Å². The highest BCUT2D eigenvalue weighted by Crippen LogP contribution is 2.37. The van der Waals surface area contributed by atoms with Crippen LogP contribution in [0.4, 0.5) is 0 Å². The van der Waals surface area contributed by atoms with Crippen LogP contribution in [0, 0.1) is 0 Å².